The Morgan fingerprint density at radius 2 is 2.20 bits per heavy atom. The van der Waals surface area contributed by atoms with Crippen molar-refractivity contribution < 1.29 is 23.1 Å². The first-order valence-electron chi connectivity index (χ1n) is 6.05. The number of carboxylic acid groups (broad SMARTS) is 1. The molecule has 0 aliphatic carbocycles. The second kappa shape index (κ2) is 5.39. The maximum atomic E-state index is 11.3. The van der Waals surface area contributed by atoms with Crippen LogP contribution in [0.3, 0.4) is 0 Å². The lowest BCUT2D eigenvalue weighted by atomic mass is 10.1. The molecular weight excluding hydrogens is 284 g/mol. The van der Waals surface area contributed by atoms with Crippen LogP contribution >= 0.6 is 0 Å². The fraction of sp³-hybridized carbons (Fsp3) is 0.417. The minimum atomic E-state index is -3.92. The van der Waals surface area contributed by atoms with E-state index in [1.807, 2.05) is 11.8 Å². The number of rotatable bonds is 3. The molecule has 2 rings (SSSR count). The van der Waals surface area contributed by atoms with Gasteiger partial charge in [0.05, 0.1) is 28.9 Å². The van der Waals surface area contributed by atoms with Gasteiger partial charge in [-0.3, -0.25) is 0 Å². The Morgan fingerprint density at radius 3 is 2.75 bits per heavy atom. The molecule has 1 fully saturated rings. The van der Waals surface area contributed by atoms with E-state index in [4.69, 9.17) is 9.88 Å². The Kier molecular flexibility index (Phi) is 3.98. The molecule has 0 bridgehead atoms. The van der Waals surface area contributed by atoms with Crippen LogP contribution < -0.4 is 10.0 Å². The lowest BCUT2D eigenvalue weighted by Crippen LogP contribution is -2.41. The van der Waals surface area contributed by atoms with Crippen molar-refractivity contribution in [2.75, 3.05) is 24.6 Å². The molecule has 1 aromatic rings. The van der Waals surface area contributed by atoms with Gasteiger partial charge in [0.1, 0.15) is 0 Å². The first-order valence-corrected chi connectivity index (χ1v) is 7.60. The third kappa shape index (κ3) is 3.09. The van der Waals surface area contributed by atoms with Gasteiger partial charge < -0.3 is 14.7 Å². The summed E-state index contributed by atoms with van der Waals surface area (Å²) in [5.41, 5.74) is 0.394. The number of hydrogen-bond donors (Lipinski definition) is 2. The zero-order valence-electron chi connectivity index (χ0n) is 10.9. The molecule has 0 amide bonds. The zero-order valence-corrected chi connectivity index (χ0v) is 11.8. The smallest absolute Gasteiger partial charge is 0.337 e. The predicted octanol–water partition coefficient (Wildman–Crippen LogP) is 0.257. The molecule has 1 aliphatic rings. The molecule has 1 atom stereocenters. The number of aromatic carboxylic acids is 1. The molecule has 8 heteroatoms. The molecular formula is C12H16N2O5S. The van der Waals surface area contributed by atoms with Gasteiger partial charge >= 0.3 is 5.97 Å². The number of nitrogens with two attached hydrogens (primary N) is 1. The van der Waals surface area contributed by atoms with Crippen molar-refractivity contribution in [2.45, 2.75) is 17.9 Å². The molecule has 1 saturated heterocycles. The fourth-order valence-corrected chi connectivity index (χ4v) is 2.72. The highest BCUT2D eigenvalue weighted by Gasteiger charge is 2.23. The highest BCUT2D eigenvalue weighted by atomic mass is 32.2. The largest absolute Gasteiger partial charge is 0.478 e. The summed E-state index contributed by atoms with van der Waals surface area (Å²) in [4.78, 5) is 13.0. The Balaban J connectivity index is 2.45. The molecule has 0 radical (unpaired) electrons. The summed E-state index contributed by atoms with van der Waals surface area (Å²) in [6.07, 6.45) is -0.0108. The van der Waals surface area contributed by atoms with Crippen LogP contribution in [0, 0.1) is 0 Å². The number of hydrogen-bond acceptors (Lipinski definition) is 5. The fourth-order valence-electron chi connectivity index (χ4n) is 2.18. The second-order valence-electron chi connectivity index (χ2n) is 4.66. The molecule has 1 aliphatic heterocycles. The van der Waals surface area contributed by atoms with Crippen molar-refractivity contribution in [3.05, 3.63) is 23.8 Å². The summed E-state index contributed by atoms with van der Waals surface area (Å²) in [5.74, 6) is -1.19. The van der Waals surface area contributed by atoms with E-state index < -0.39 is 16.0 Å². The van der Waals surface area contributed by atoms with Crippen LogP contribution in [0.15, 0.2) is 23.1 Å². The van der Waals surface area contributed by atoms with Crippen molar-refractivity contribution >= 4 is 21.7 Å². The molecule has 1 heterocycles. The van der Waals surface area contributed by atoms with Gasteiger partial charge in [-0.05, 0) is 25.1 Å². The van der Waals surface area contributed by atoms with Gasteiger partial charge in [0, 0.05) is 13.1 Å². The minimum absolute atomic E-state index is 0.0108. The Hall–Kier alpha value is -1.64. The van der Waals surface area contributed by atoms with E-state index in [1.165, 1.54) is 12.1 Å². The molecule has 0 aromatic heterocycles. The van der Waals surface area contributed by atoms with Gasteiger partial charge in [-0.25, -0.2) is 18.4 Å². The van der Waals surface area contributed by atoms with Crippen LogP contribution in [0.4, 0.5) is 5.69 Å². The number of morpholine rings is 1. The molecule has 1 unspecified atom stereocenters. The number of carboxylic acids is 1. The van der Waals surface area contributed by atoms with Crippen LogP contribution in [-0.4, -0.2) is 45.3 Å². The van der Waals surface area contributed by atoms with Crippen molar-refractivity contribution in [2.24, 2.45) is 5.14 Å². The van der Waals surface area contributed by atoms with E-state index in [0.29, 0.717) is 25.4 Å². The molecule has 0 spiro atoms. The van der Waals surface area contributed by atoms with Crippen molar-refractivity contribution in [3.8, 4) is 0 Å². The first kappa shape index (κ1) is 14.8. The molecule has 110 valence electrons. The third-order valence-corrected chi connectivity index (χ3v) is 4.02. The molecule has 3 N–H and O–H groups in total. The van der Waals surface area contributed by atoms with Crippen LogP contribution in [0.25, 0.3) is 0 Å². The van der Waals surface area contributed by atoms with Gasteiger partial charge in [-0.2, -0.15) is 0 Å². The van der Waals surface area contributed by atoms with Gasteiger partial charge in [0.2, 0.25) is 10.0 Å². The number of anilines is 1. The van der Waals surface area contributed by atoms with Crippen LogP contribution in [0.5, 0.6) is 0 Å². The zero-order chi connectivity index (χ0) is 14.9. The number of primary sulfonamides is 1. The topological polar surface area (TPSA) is 110 Å². The summed E-state index contributed by atoms with van der Waals surface area (Å²) in [6, 6.07) is 3.88. The maximum absolute atomic E-state index is 11.3. The van der Waals surface area contributed by atoms with Gasteiger partial charge in [-0.1, -0.05) is 0 Å². The summed E-state index contributed by atoms with van der Waals surface area (Å²) >= 11 is 0. The second-order valence-corrected chi connectivity index (χ2v) is 6.22. The first-order chi connectivity index (χ1) is 9.29. The Morgan fingerprint density at radius 1 is 1.50 bits per heavy atom. The average molecular weight is 300 g/mol. The predicted molar refractivity (Wildman–Crippen MR) is 72.4 cm³/mol. The summed E-state index contributed by atoms with van der Waals surface area (Å²) in [7, 11) is -3.92. The minimum Gasteiger partial charge on any atom is -0.478 e. The van der Waals surface area contributed by atoms with Crippen molar-refractivity contribution in [1.29, 1.82) is 0 Å². The van der Waals surface area contributed by atoms with Crippen LogP contribution in [0.2, 0.25) is 0 Å². The third-order valence-electron chi connectivity index (χ3n) is 3.11. The Bertz CT molecular complexity index is 629. The summed E-state index contributed by atoms with van der Waals surface area (Å²) in [6.45, 7) is 3.50. The van der Waals surface area contributed by atoms with Crippen LogP contribution in [0.1, 0.15) is 17.3 Å². The van der Waals surface area contributed by atoms with E-state index >= 15 is 0 Å². The van der Waals surface area contributed by atoms with Gasteiger partial charge in [-0.15, -0.1) is 0 Å². The number of benzene rings is 1. The highest BCUT2D eigenvalue weighted by Crippen LogP contribution is 2.25. The van der Waals surface area contributed by atoms with Gasteiger partial charge in [0.25, 0.3) is 0 Å². The molecule has 7 nitrogen and oxygen atoms in total. The van der Waals surface area contributed by atoms with E-state index in [9.17, 15) is 18.3 Å². The molecule has 1 aromatic carbocycles. The van der Waals surface area contributed by atoms with E-state index in [1.54, 1.807) is 0 Å². The highest BCUT2D eigenvalue weighted by molar-refractivity contribution is 7.89. The lowest BCUT2D eigenvalue weighted by Gasteiger charge is -2.33. The standard InChI is InChI=1S/C12H16N2O5S/c1-8-7-14(4-5-19-8)11-3-2-9(20(13,17)18)6-10(11)12(15)16/h2-3,6,8H,4-5,7H2,1H3,(H,15,16)(H2,13,17,18). The van der Waals surface area contributed by atoms with Crippen molar-refractivity contribution in [1.82, 2.24) is 0 Å². The van der Waals surface area contributed by atoms with Crippen molar-refractivity contribution in [3.63, 3.8) is 0 Å². The molecule has 0 saturated carbocycles. The lowest BCUT2D eigenvalue weighted by molar-refractivity contribution is 0.0527. The van der Waals surface area contributed by atoms with E-state index in [0.717, 1.165) is 6.07 Å². The number of carbonyl (C=O) groups is 1. The van der Waals surface area contributed by atoms with E-state index in [-0.39, 0.29) is 16.6 Å². The number of ether oxygens (including phenoxy) is 1. The normalized spacial score (nSPS) is 19.9. The SMILES string of the molecule is CC1CN(c2ccc(S(N)(=O)=O)cc2C(=O)O)CCO1. The number of sulfonamides is 1. The van der Waals surface area contributed by atoms with Gasteiger partial charge in [0.15, 0.2) is 0 Å². The quantitative estimate of drug-likeness (QED) is 0.828. The average Bonchev–Trinajstić information content (AvgIpc) is 2.37. The monoisotopic (exact) mass is 300 g/mol. The summed E-state index contributed by atoms with van der Waals surface area (Å²) < 4.78 is 28.0. The number of nitrogens with zero attached hydrogens (tertiary/aromatic N) is 1. The Labute approximate surface area is 117 Å². The van der Waals surface area contributed by atoms with E-state index in [2.05, 4.69) is 0 Å². The van der Waals surface area contributed by atoms with Crippen LogP contribution in [-0.2, 0) is 14.8 Å². The maximum Gasteiger partial charge on any atom is 0.337 e. The summed E-state index contributed by atoms with van der Waals surface area (Å²) in [5, 5.41) is 14.3. The molecule has 20 heavy (non-hydrogen) atoms.